The lowest BCUT2D eigenvalue weighted by Gasteiger charge is -2.10. The SMILES string of the molecule is CNC(=O)CNS(=O)(=O)c1cc(N)c(F)cc1C. The van der Waals surface area contributed by atoms with E-state index in [1.807, 2.05) is 0 Å². The molecule has 0 aliphatic heterocycles. The Labute approximate surface area is 104 Å². The number of likely N-dealkylation sites (N-methyl/N-ethyl adjacent to an activating group) is 1. The van der Waals surface area contributed by atoms with Crippen molar-refractivity contribution in [3.05, 3.63) is 23.5 Å². The van der Waals surface area contributed by atoms with E-state index in [0.717, 1.165) is 12.1 Å². The molecular weight excluding hydrogens is 261 g/mol. The van der Waals surface area contributed by atoms with E-state index in [0.29, 0.717) is 0 Å². The highest BCUT2D eigenvalue weighted by Gasteiger charge is 2.19. The molecule has 1 aromatic rings. The van der Waals surface area contributed by atoms with E-state index in [-0.39, 0.29) is 16.1 Å². The van der Waals surface area contributed by atoms with E-state index in [4.69, 9.17) is 5.73 Å². The van der Waals surface area contributed by atoms with Crippen LogP contribution in [0, 0.1) is 12.7 Å². The highest BCUT2D eigenvalue weighted by Crippen LogP contribution is 2.21. The third-order valence-electron chi connectivity index (χ3n) is 2.29. The molecule has 1 rings (SSSR count). The second-order valence-corrected chi connectivity index (χ2v) is 5.37. The predicted octanol–water partition coefficient (Wildman–Crippen LogP) is -0.259. The molecule has 0 radical (unpaired) electrons. The molecule has 0 bridgehead atoms. The van der Waals surface area contributed by atoms with Crippen LogP contribution in [0.4, 0.5) is 10.1 Å². The van der Waals surface area contributed by atoms with Gasteiger partial charge >= 0.3 is 0 Å². The summed E-state index contributed by atoms with van der Waals surface area (Å²) >= 11 is 0. The summed E-state index contributed by atoms with van der Waals surface area (Å²) in [7, 11) is -2.51. The summed E-state index contributed by atoms with van der Waals surface area (Å²) in [6.45, 7) is 1.05. The number of aryl methyl sites for hydroxylation is 1. The second-order valence-electron chi connectivity index (χ2n) is 3.64. The molecule has 1 aromatic carbocycles. The van der Waals surface area contributed by atoms with Crippen LogP contribution >= 0.6 is 0 Å². The Hall–Kier alpha value is -1.67. The monoisotopic (exact) mass is 275 g/mol. The zero-order valence-corrected chi connectivity index (χ0v) is 10.8. The number of sulfonamides is 1. The van der Waals surface area contributed by atoms with Crippen LogP contribution in [0.3, 0.4) is 0 Å². The Bertz CT molecular complexity index is 572. The van der Waals surface area contributed by atoms with Gasteiger partial charge in [0.1, 0.15) is 5.82 Å². The number of rotatable bonds is 4. The molecule has 18 heavy (non-hydrogen) atoms. The first kappa shape index (κ1) is 14.4. The first-order valence-electron chi connectivity index (χ1n) is 5.04. The van der Waals surface area contributed by atoms with E-state index >= 15 is 0 Å². The van der Waals surface area contributed by atoms with E-state index in [2.05, 4.69) is 10.0 Å². The average molecular weight is 275 g/mol. The molecule has 100 valence electrons. The maximum atomic E-state index is 13.1. The average Bonchev–Trinajstić information content (AvgIpc) is 2.30. The third-order valence-corrected chi connectivity index (χ3v) is 3.83. The number of hydrogen-bond acceptors (Lipinski definition) is 4. The van der Waals surface area contributed by atoms with Gasteiger partial charge in [0.05, 0.1) is 17.1 Å². The lowest BCUT2D eigenvalue weighted by molar-refractivity contribution is -0.119. The molecule has 0 aromatic heterocycles. The van der Waals surface area contributed by atoms with Gasteiger partial charge in [-0.15, -0.1) is 0 Å². The summed E-state index contributed by atoms with van der Waals surface area (Å²) < 4.78 is 38.9. The molecule has 0 aliphatic rings. The van der Waals surface area contributed by atoms with Gasteiger partial charge < -0.3 is 11.1 Å². The van der Waals surface area contributed by atoms with Crippen LogP contribution in [0.2, 0.25) is 0 Å². The van der Waals surface area contributed by atoms with E-state index < -0.39 is 28.3 Å². The number of benzene rings is 1. The Morgan fingerprint density at radius 2 is 2.06 bits per heavy atom. The lowest BCUT2D eigenvalue weighted by atomic mass is 10.2. The maximum Gasteiger partial charge on any atom is 0.241 e. The van der Waals surface area contributed by atoms with Crippen molar-refractivity contribution in [1.82, 2.24) is 10.0 Å². The molecule has 0 atom stereocenters. The van der Waals surface area contributed by atoms with Gasteiger partial charge in [-0.2, -0.15) is 0 Å². The smallest absolute Gasteiger partial charge is 0.241 e. The summed E-state index contributed by atoms with van der Waals surface area (Å²) in [5, 5.41) is 2.27. The zero-order chi connectivity index (χ0) is 13.9. The van der Waals surface area contributed by atoms with Gasteiger partial charge in [0.2, 0.25) is 15.9 Å². The Morgan fingerprint density at radius 3 is 2.61 bits per heavy atom. The summed E-state index contributed by atoms with van der Waals surface area (Å²) in [6, 6.07) is 2.06. The largest absolute Gasteiger partial charge is 0.396 e. The fourth-order valence-electron chi connectivity index (χ4n) is 1.28. The molecule has 0 heterocycles. The van der Waals surface area contributed by atoms with Crippen molar-refractivity contribution in [2.75, 3.05) is 19.3 Å². The summed E-state index contributed by atoms with van der Waals surface area (Å²) in [6.07, 6.45) is 0. The predicted molar refractivity (Wildman–Crippen MR) is 64.8 cm³/mol. The van der Waals surface area contributed by atoms with Crippen LogP contribution in [-0.2, 0) is 14.8 Å². The topological polar surface area (TPSA) is 101 Å². The lowest BCUT2D eigenvalue weighted by Crippen LogP contribution is -2.35. The van der Waals surface area contributed by atoms with Crippen molar-refractivity contribution in [3.63, 3.8) is 0 Å². The van der Waals surface area contributed by atoms with Crippen molar-refractivity contribution in [3.8, 4) is 0 Å². The highest BCUT2D eigenvalue weighted by atomic mass is 32.2. The Kier molecular flexibility index (Phi) is 4.25. The van der Waals surface area contributed by atoms with Crippen molar-refractivity contribution < 1.29 is 17.6 Å². The maximum absolute atomic E-state index is 13.1. The zero-order valence-electron chi connectivity index (χ0n) is 9.95. The van der Waals surface area contributed by atoms with Crippen molar-refractivity contribution in [2.45, 2.75) is 11.8 Å². The summed E-state index contributed by atoms with van der Waals surface area (Å²) in [4.78, 5) is 10.8. The van der Waals surface area contributed by atoms with E-state index in [1.54, 1.807) is 0 Å². The molecule has 0 aliphatic carbocycles. The number of halogens is 1. The van der Waals surface area contributed by atoms with Gasteiger partial charge in [0.25, 0.3) is 0 Å². The van der Waals surface area contributed by atoms with Gasteiger partial charge in [-0.05, 0) is 24.6 Å². The fourth-order valence-corrected chi connectivity index (χ4v) is 2.53. The van der Waals surface area contributed by atoms with Gasteiger partial charge in [0.15, 0.2) is 0 Å². The van der Waals surface area contributed by atoms with Crippen LogP contribution in [-0.4, -0.2) is 27.9 Å². The van der Waals surface area contributed by atoms with Crippen LogP contribution in [0.1, 0.15) is 5.56 Å². The minimum Gasteiger partial charge on any atom is -0.396 e. The van der Waals surface area contributed by atoms with Gasteiger partial charge in [-0.25, -0.2) is 17.5 Å². The number of nitrogens with one attached hydrogen (secondary N) is 2. The highest BCUT2D eigenvalue weighted by molar-refractivity contribution is 7.89. The van der Waals surface area contributed by atoms with Gasteiger partial charge in [0, 0.05) is 7.05 Å². The van der Waals surface area contributed by atoms with Crippen LogP contribution in [0.5, 0.6) is 0 Å². The van der Waals surface area contributed by atoms with E-state index in [1.165, 1.54) is 14.0 Å². The standard InChI is InChI=1S/C10H14FN3O3S/c1-6-3-7(11)8(12)4-9(6)18(16,17)14-5-10(15)13-2/h3-4,14H,5,12H2,1-2H3,(H,13,15). The Balaban J connectivity index is 3.06. The van der Waals surface area contributed by atoms with E-state index in [9.17, 15) is 17.6 Å². The van der Waals surface area contributed by atoms with Crippen LogP contribution < -0.4 is 15.8 Å². The molecular formula is C10H14FN3O3S. The minimum absolute atomic E-state index is 0.148. The normalized spacial score (nSPS) is 11.3. The number of amides is 1. The Morgan fingerprint density at radius 1 is 1.44 bits per heavy atom. The number of anilines is 1. The van der Waals surface area contributed by atoms with Crippen molar-refractivity contribution in [2.24, 2.45) is 0 Å². The fraction of sp³-hybridized carbons (Fsp3) is 0.300. The van der Waals surface area contributed by atoms with Crippen molar-refractivity contribution >= 4 is 21.6 Å². The number of nitrogen functional groups attached to an aromatic ring is 1. The minimum atomic E-state index is -3.89. The number of hydrogen-bond donors (Lipinski definition) is 3. The van der Waals surface area contributed by atoms with Crippen LogP contribution in [0.25, 0.3) is 0 Å². The quantitative estimate of drug-likeness (QED) is 0.659. The van der Waals surface area contributed by atoms with Crippen LogP contribution in [0.15, 0.2) is 17.0 Å². The third kappa shape index (κ3) is 3.17. The number of carbonyl (C=O) groups excluding carboxylic acids is 1. The van der Waals surface area contributed by atoms with Gasteiger partial charge in [-0.1, -0.05) is 0 Å². The second kappa shape index (κ2) is 5.32. The molecule has 0 saturated heterocycles. The molecule has 1 amide bonds. The number of carbonyl (C=O) groups is 1. The van der Waals surface area contributed by atoms with Crippen molar-refractivity contribution in [1.29, 1.82) is 0 Å². The molecule has 0 saturated carbocycles. The first-order chi connectivity index (χ1) is 8.27. The molecule has 0 fully saturated rings. The molecule has 0 spiro atoms. The summed E-state index contributed by atoms with van der Waals surface area (Å²) in [5.41, 5.74) is 5.27. The summed E-state index contributed by atoms with van der Waals surface area (Å²) in [5.74, 6) is -1.16. The molecule has 4 N–H and O–H groups in total. The van der Waals surface area contributed by atoms with Gasteiger partial charge in [-0.3, -0.25) is 4.79 Å². The molecule has 6 nitrogen and oxygen atoms in total. The molecule has 8 heteroatoms. The molecule has 0 unspecified atom stereocenters. The number of nitrogens with two attached hydrogens (primary N) is 1. The first-order valence-corrected chi connectivity index (χ1v) is 6.52.